The molecule has 156 valence electrons. The van der Waals surface area contributed by atoms with Crippen molar-refractivity contribution >= 4 is 17.6 Å². The van der Waals surface area contributed by atoms with Gasteiger partial charge in [0, 0.05) is 50.0 Å². The van der Waals surface area contributed by atoms with E-state index in [1.165, 1.54) is 18.4 Å². The van der Waals surface area contributed by atoms with Gasteiger partial charge in [-0.2, -0.15) is 0 Å². The molecule has 2 N–H and O–H groups in total. The molecule has 0 radical (unpaired) electrons. The number of piperidine rings is 1. The summed E-state index contributed by atoms with van der Waals surface area (Å²) in [5.41, 5.74) is 3.82. The van der Waals surface area contributed by atoms with Crippen molar-refractivity contribution in [2.24, 2.45) is 11.8 Å². The third kappa shape index (κ3) is 4.17. The van der Waals surface area contributed by atoms with Crippen molar-refractivity contribution in [1.82, 2.24) is 15.5 Å². The quantitative estimate of drug-likeness (QED) is 0.752. The van der Waals surface area contributed by atoms with Gasteiger partial charge in [0.25, 0.3) is 5.91 Å². The Morgan fingerprint density at radius 2 is 1.97 bits per heavy atom. The summed E-state index contributed by atoms with van der Waals surface area (Å²) in [6, 6.07) is 5.83. The molecule has 6 nitrogen and oxygen atoms in total. The van der Waals surface area contributed by atoms with Crippen molar-refractivity contribution in [1.29, 1.82) is 0 Å². The zero-order valence-electron chi connectivity index (χ0n) is 17.7. The predicted molar refractivity (Wildman–Crippen MR) is 115 cm³/mol. The van der Waals surface area contributed by atoms with Crippen LogP contribution >= 0.6 is 0 Å². The molecule has 29 heavy (non-hydrogen) atoms. The number of carbonyl (C=O) groups excluding carboxylic acids is 2. The minimum Gasteiger partial charge on any atom is -0.349 e. The van der Waals surface area contributed by atoms with E-state index in [1.807, 2.05) is 25.1 Å². The number of amides is 3. The highest BCUT2D eigenvalue weighted by Crippen LogP contribution is 2.37. The predicted octanol–water partition coefficient (Wildman–Crippen LogP) is 2.93. The van der Waals surface area contributed by atoms with E-state index in [-0.39, 0.29) is 18.0 Å². The second kappa shape index (κ2) is 8.19. The number of rotatable bonds is 5. The van der Waals surface area contributed by atoms with Crippen LogP contribution in [-0.2, 0) is 0 Å². The standard InChI is InChI=1S/C23H32N4O2/c1-15(2)8-10-26-13-18-6-7-19(14-26)21(18)25-22(28)17-5-4-16(3)20(12-17)27-11-9-24-23(27)29/h4-5,8,12,18-19,21H,6-7,9-11,13-14H2,1-3H3,(H,24,29)(H,25,28)/t18-,19+,21?. The SMILES string of the molecule is CC(C)=CCN1C[C@H]2CC[C@@H](C1)C2NC(=O)c1ccc(C)c(N2CCNC2=O)c1. The number of likely N-dealkylation sites (tertiary alicyclic amines) is 1. The van der Waals surface area contributed by atoms with Gasteiger partial charge in [0.1, 0.15) is 0 Å². The van der Waals surface area contributed by atoms with Crippen LogP contribution in [0.15, 0.2) is 29.8 Å². The van der Waals surface area contributed by atoms with E-state index in [1.54, 1.807) is 4.90 Å². The third-order valence-corrected chi connectivity index (χ3v) is 6.58. The fraction of sp³-hybridized carbons (Fsp3) is 0.565. The van der Waals surface area contributed by atoms with Crippen LogP contribution in [-0.4, -0.2) is 55.6 Å². The highest BCUT2D eigenvalue weighted by Gasteiger charge is 2.42. The molecule has 6 heteroatoms. The smallest absolute Gasteiger partial charge is 0.322 e. The Bertz CT molecular complexity index is 816. The van der Waals surface area contributed by atoms with Crippen LogP contribution in [0.5, 0.6) is 0 Å². The van der Waals surface area contributed by atoms with Crippen LogP contribution in [0.4, 0.5) is 10.5 Å². The van der Waals surface area contributed by atoms with Gasteiger partial charge in [0.2, 0.25) is 0 Å². The second-order valence-corrected chi connectivity index (χ2v) is 8.98. The molecular weight excluding hydrogens is 364 g/mol. The second-order valence-electron chi connectivity index (χ2n) is 8.98. The van der Waals surface area contributed by atoms with E-state index < -0.39 is 0 Å². The van der Waals surface area contributed by atoms with Gasteiger partial charge in [-0.25, -0.2) is 4.79 Å². The van der Waals surface area contributed by atoms with Crippen molar-refractivity contribution in [2.75, 3.05) is 37.6 Å². The van der Waals surface area contributed by atoms with Crippen molar-refractivity contribution in [2.45, 2.75) is 39.7 Å². The lowest BCUT2D eigenvalue weighted by Crippen LogP contribution is -2.52. The van der Waals surface area contributed by atoms with E-state index in [4.69, 9.17) is 0 Å². The fourth-order valence-electron chi connectivity index (χ4n) is 4.99. The van der Waals surface area contributed by atoms with Gasteiger partial charge in [-0.05, 0) is 63.1 Å². The van der Waals surface area contributed by atoms with Crippen LogP contribution in [0.2, 0.25) is 0 Å². The molecule has 2 heterocycles. The summed E-state index contributed by atoms with van der Waals surface area (Å²) in [5.74, 6) is 1.03. The Labute approximate surface area is 173 Å². The molecule has 0 spiro atoms. The Hall–Kier alpha value is -2.34. The first-order valence-electron chi connectivity index (χ1n) is 10.7. The van der Waals surface area contributed by atoms with E-state index in [0.717, 1.165) is 30.9 Å². The maximum absolute atomic E-state index is 13.0. The van der Waals surface area contributed by atoms with Gasteiger partial charge >= 0.3 is 6.03 Å². The number of benzene rings is 1. The number of fused-ring (bicyclic) bond motifs is 2. The summed E-state index contributed by atoms with van der Waals surface area (Å²) in [7, 11) is 0. The molecule has 1 unspecified atom stereocenters. The third-order valence-electron chi connectivity index (χ3n) is 6.58. The molecule has 1 aromatic rings. The summed E-state index contributed by atoms with van der Waals surface area (Å²) < 4.78 is 0. The van der Waals surface area contributed by atoms with E-state index >= 15 is 0 Å². The molecule has 2 saturated heterocycles. The van der Waals surface area contributed by atoms with Crippen LogP contribution in [0.3, 0.4) is 0 Å². The molecule has 3 aliphatic rings. The first-order valence-corrected chi connectivity index (χ1v) is 10.7. The molecule has 3 amide bonds. The van der Waals surface area contributed by atoms with Crippen LogP contribution in [0, 0.1) is 18.8 Å². The monoisotopic (exact) mass is 396 g/mol. The molecule has 0 aromatic heterocycles. The number of hydrogen-bond donors (Lipinski definition) is 2. The average molecular weight is 397 g/mol. The zero-order valence-corrected chi connectivity index (χ0v) is 17.7. The van der Waals surface area contributed by atoms with Gasteiger partial charge in [-0.1, -0.05) is 17.7 Å². The Balaban J connectivity index is 1.44. The first-order chi connectivity index (χ1) is 13.9. The molecule has 4 rings (SSSR count). The summed E-state index contributed by atoms with van der Waals surface area (Å²) >= 11 is 0. The van der Waals surface area contributed by atoms with Crippen LogP contribution < -0.4 is 15.5 Å². The normalized spacial score (nSPS) is 26.4. The Morgan fingerprint density at radius 3 is 2.59 bits per heavy atom. The largest absolute Gasteiger partial charge is 0.349 e. The highest BCUT2D eigenvalue weighted by atomic mass is 16.2. The van der Waals surface area contributed by atoms with Crippen LogP contribution in [0.1, 0.15) is 42.6 Å². The number of urea groups is 1. The minimum atomic E-state index is -0.0903. The molecule has 1 aromatic carbocycles. The lowest BCUT2D eigenvalue weighted by atomic mass is 9.91. The molecule has 3 fully saturated rings. The molecule has 1 aliphatic carbocycles. The molecule has 2 bridgehead atoms. The van der Waals surface area contributed by atoms with Gasteiger partial charge in [-0.3, -0.25) is 14.6 Å². The van der Waals surface area contributed by atoms with Crippen molar-refractivity contribution in [3.63, 3.8) is 0 Å². The molecule has 2 aliphatic heterocycles. The summed E-state index contributed by atoms with van der Waals surface area (Å²) in [6.45, 7) is 10.7. The van der Waals surface area contributed by atoms with Crippen molar-refractivity contribution < 1.29 is 9.59 Å². The van der Waals surface area contributed by atoms with Gasteiger partial charge in [-0.15, -0.1) is 0 Å². The molecule has 1 saturated carbocycles. The number of allylic oxidation sites excluding steroid dienone is 1. The van der Waals surface area contributed by atoms with Gasteiger partial charge in [0.15, 0.2) is 0 Å². The van der Waals surface area contributed by atoms with Gasteiger partial charge < -0.3 is 10.6 Å². The fourth-order valence-corrected chi connectivity index (χ4v) is 4.99. The van der Waals surface area contributed by atoms with Crippen LogP contribution in [0.25, 0.3) is 0 Å². The molecule has 3 atom stereocenters. The van der Waals surface area contributed by atoms with Crippen molar-refractivity contribution in [3.05, 3.63) is 41.0 Å². The maximum Gasteiger partial charge on any atom is 0.322 e. The zero-order chi connectivity index (χ0) is 20.5. The van der Waals surface area contributed by atoms with Crippen molar-refractivity contribution in [3.8, 4) is 0 Å². The summed E-state index contributed by atoms with van der Waals surface area (Å²) in [6.07, 6.45) is 4.67. The summed E-state index contributed by atoms with van der Waals surface area (Å²) in [4.78, 5) is 29.3. The Kier molecular flexibility index (Phi) is 5.63. The lowest BCUT2D eigenvalue weighted by molar-refractivity contribution is 0.0849. The minimum absolute atomic E-state index is 0.0227. The average Bonchev–Trinajstić information content (AvgIpc) is 3.20. The van der Waals surface area contributed by atoms with E-state index in [2.05, 4.69) is 35.5 Å². The topological polar surface area (TPSA) is 64.7 Å². The number of nitrogens with zero attached hydrogens (tertiary/aromatic N) is 2. The number of nitrogens with one attached hydrogen (secondary N) is 2. The molecular formula is C23H32N4O2. The maximum atomic E-state index is 13.0. The summed E-state index contributed by atoms with van der Waals surface area (Å²) in [5, 5.41) is 6.16. The Morgan fingerprint density at radius 1 is 1.24 bits per heavy atom. The number of anilines is 1. The number of aryl methyl sites for hydroxylation is 1. The van der Waals surface area contributed by atoms with E-state index in [0.29, 0.717) is 30.5 Å². The number of hydrogen-bond acceptors (Lipinski definition) is 3. The highest BCUT2D eigenvalue weighted by molar-refractivity contribution is 5.99. The number of carbonyl (C=O) groups is 2. The van der Waals surface area contributed by atoms with E-state index in [9.17, 15) is 9.59 Å². The first kappa shape index (κ1) is 20.0. The lowest BCUT2D eigenvalue weighted by Gasteiger charge is -2.38. The van der Waals surface area contributed by atoms with Gasteiger partial charge in [0.05, 0.1) is 0 Å².